The van der Waals surface area contributed by atoms with Gasteiger partial charge in [0.15, 0.2) is 0 Å². The molecule has 1 atom stereocenters. The van der Waals surface area contributed by atoms with Crippen molar-refractivity contribution in [1.82, 2.24) is 9.55 Å². The average Bonchev–Trinajstić information content (AvgIpc) is 2.75. The van der Waals surface area contributed by atoms with Gasteiger partial charge < -0.3 is 10.3 Å². The smallest absolute Gasteiger partial charge is 0.131 e. The van der Waals surface area contributed by atoms with Crippen LogP contribution in [-0.2, 0) is 19.4 Å². The van der Waals surface area contributed by atoms with Crippen molar-refractivity contribution in [3.8, 4) is 11.3 Å². The molecule has 0 spiro atoms. The minimum Gasteiger partial charge on any atom is -0.383 e. The molecular formula is C16H21N3. The molecule has 1 aliphatic heterocycles. The highest BCUT2D eigenvalue weighted by Crippen LogP contribution is 2.32. The van der Waals surface area contributed by atoms with Gasteiger partial charge in [0.25, 0.3) is 0 Å². The first kappa shape index (κ1) is 12.3. The quantitative estimate of drug-likeness (QED) is 0.895. The van der Waals surface area contributed by atoms with Gasteiger partial charge in [0, 0.05) is 18.5 Å². The first-order valence-corrected chi connectivity index (χ1v) is 7.13. The summed E-state index contributed by atoms with van der Waals surface area (Å²) in [6.45, 7) is 5.46. The van der Waals surface area contributed by atoms with Crippen molar-refractivity contribution in [3.05, 3.63) is 35.7 Å². The SMILES string of the molecule is CCc1ccccc1-c1nc2n(c1N)CCC(C)C2. The number of nitrogen functional groups attached to an aromatic ring is 1. The summed E-state index contributed by atoms with van der Waals surface area (Å²) in [5.41, 5.74) is 9.81. The van der Waals surface area contributed by atoms with E-state index in [1.54, 1.807) is 0 Å². The second-order valence-electron chi connectivity index (χ2n) is 5.52. The van der Waals surface area contributed by atoms with Crippen LogP contribution in [0.25, 0.3) is 11.3 Å². The second kappa shape index (κ2) is 4.72. The number of anilines is 1. The number of nitrogens with two attached hydrogens (primary N) is 1. The van der Waals surface area contributed by atoms with Gasteiger partial charge in [-0.05, 0) is 24.3 Å². The summed E-state index contributed by atoms with van der Waals surface area (Å²) in [4.78, 5) is 4.82. The molecule has 1 unspecified atom stereocenters. The molecule has 2 aromatic rings. The fourth-order valence-corrected chi connectivity index (χ4v) is 2.94. The molecule has 0 amide bonds. The number of fused-ring (bicyclic) bond motifs is 1. The Labute approximate surface area is 114 Å². The largest absolute Gasteiger partial charge is 0.383 e. The highest BCUT2D eigenvalue weighted by atomic mass is 15.1. The Morgan fingerprint density at radius 2 is 2.16 bits per heavy atom. The number of hydrogen-bond acceptors (Lipinski definition) is 2. The van der Waals surface area contributed by atoms with Gasteiger partial charge in [-0.25, -0.2) is 4.98 Å². The van der Waals surface area contributed by atoms with E-state index in [-0.39, 0.29) is 0 Å². The van der Waals surface area contributed by atoms with Gasteiger partial charge in [-0.1, -0.05) is 38.1 Å². The summed E-state index contributed by atoms with van der Waals surface area (Å²) in [7, 11) is 0. The van der Waals surface area contributed by atoms with Crippen LogP contribution in [0.5, 0.6) is 0 Å². The van der Waals surface area contributed by atoms with E-state index in [0.717, 1.165) is 36.7 Å². The van der Waals surface area contributed by atoms with Crippen molar-refractivity contribution < 1.29 is 0 Å². The van der Waals surface area contributed by atoms with Crippen molar-refractivity contribution in [2.75, 3.05) is 5.73 Å². The molecule has 0 saturated heterocycles. The minimum absolute atomic E-state index is 0.712. The molecule has 2 heterocycles. The van der Waals surface area contributed by atoms with Gasteiger partial charge in [-0.3, -0.25) is 0 Å². The molecular weight excluding hydrogens is 234 g/mol. The third-order valence-electron chi connectivity index (χ3n) is 4.12. The van der Waals surface area contributed by atoms with Crippen molar-refractivity contribution in [3.63, 3.8) is 0 Å². The van der Waals surface area contributed by atoms with Crippen LogP contribution < -0.4 is 5.73 Å². The number of rotatable bonds is 2. The van der Waals surface area contributed by atoms with Crippen LogP contribution in [0.1, 0.15) is 31.7 Å². The molecule has 3 rings (SSSR count). The van der Waals surface area contributed by atoms with Crippen LogP contribution in [0.15, 0.2) is 24.3 Å². The summed E-state index contributed by atoms with van der Waals surface area (Å²) >= 11 is 0. The van der Waals surface area contributed by atoms with E-state index in [0.29, 0.717) is 5.92 Å². The van der Waals surface area contributed by atoms with Crippen LogP contribution in [0, 0.1) is 5.92 Å². The highest BCUT2D eigenvalue weighted by Gasteiger charge is 2.22. The van der Waals surface area contributed by atoms with Crippen molar-refractivity contribution in [2.45, 2.75) is 39.7 Å². The maximum absolute atomic E-state index is 6.33. The Balaban J connectivity index is 2.11. The first-order valence-electron chi connectivity index (χ1n) is 7.13. The highest BCUT2D eigenvalue weighted by molar-refractivity contribution is 5.74. The Kier molecular flexibility index (Phi) is 3.05. The van der Waals surface area contributed by atoms with Gasteiger partial charge in [0.2, 0.25) is 0 Å². The van der Waals surface area contributed by atoms with Crippen LogP contribution in [0.3, 0.4) is 0 Å². The summed E-state index contributed by atoms with van der Waals surface area (Å²) in [5, 5.41) is 0. The van der Waals surface area contributed by atoms with Gasteiger partial charge in [-0.2, -0.15) is 0 Å². The fourth-order valence-electron chi connectivity index (χ4n) is 2.94. The van der Waals surface area contributed by atoms with Gasteiger partial charge in [0.05, 0.1) is 0 Å². The molecule has 2 N–H and O–H groups in total. The number of imidazole rings is 1. The summed E-state index contributed by atoms with van der Waals surface area (Å²) < 4.78 is 2.20. The summed E-state index contributed by atoms with van der Waals surface area (Å²) in [6.07, 6.45) is 3.25. The predicted molar refractivity (Wildman–Crippen MR) is 78.9 cm³/mol. The van der Waals surface area contributed by atoms with Crippen LogP contribution in [0.2, 0.25) is 0 Å². The average molecular weight is 255 g/mol. The lowest BCUT2D eigenvalue weighted by Crippen LogP contribution is -2.18. The number of benzene rings is 1. The summed E-state index contributed by atoms with van der Waals surface area (Å²) in [6, 6.07) is 8.44. The van der Waals surface area contributed by atoms with E-state index < -0.39 is 0 Å². The zero-order chi connectivity index (χ0) is 13.4. The molecule has 1 aliphatic rings. The van der Waals surface area contributed by atoms with E-state index in [9.17, 15) is 0 Å². The number of nitrogens with zero attached hydrogens (tertiary/aromatic N) is 2. The number of aryl methyl sites for hydroxylation is 1. The third kappa shape index (κ3) is 2.03. The van der Waals surface area contributed by atoms with E-state index in [1.807, 2.05) is 0 Å². The maximum Gasteiger partial charge on any atom is 0.131 e. The van der Waals surface area contributed by atoms with Crippen molar-refractivity contribution >= 4 is 5.82 Å². The number of hydrogen-bond donors (Lipinski definition) is 1. The second-order valence-corrected chi connectivity index (χ2v) is 5.52. The molecule has 3 heteroatoms. The van der Waals surface area contributed by atoms with E-state index in [4.69, 9.17) is 10.7 Å². The maximum atomic E-state index is 6.33. The van der Waals surface area contributed by atoms with Crippen LogP contribution in [0.4, 0.5) is 5.82 Å². The predicted octanol–water partition coefficient (Wildman–Crippen LogP) is 3.28. The van der Waals surface area contributed by atoms with E-state index in [1.165, 1.54) is 17.5 Å². The minimum atomic E-state index is 0.712. The molecule has 19 heavy (non-hydrogen) atoms. The van der Waals surface area contributed by atoms with E-state index in [2.05, 4.69) is 42.7 Å². The third-order valence-corrected chi connectivity index (χ3v) is 4.12. The summed E-state index contributed by atoms with van der Waals surface area (Å²) in [5.74, 6) is 2.70. The standard InChI is InChI=1S/C16H21N3/c1-3-12-6-4-5-7-13(12)15-16(17)19-9-8-11(2)10-14(19)18-15/h4-7,11H,3,8-10,17H2,1-2H3. The Hall–Kier alpha value is -1.77. The lowest BCUT2D eigenvalue weighted by Gasteiger charge is -2.20. The van der Waals surface area contributed by atoms with Crippen LogP contribution in [-0.4, -0.2) is 9.55 Å². The lowest BCUT2D eigenvalue weighted by atomic mass is 10.0. The normalized spacial score (nSPS) is 18.3. The molecule has 1 aromatic carbocycles. The number of aromatic nitrogens is 2. The first-order chi connectivity index (χ1) is 9.20. The van der Waals surface area contributed by atoms with Gasteiger partial charge >= 0.3 is 0 Å². The zero-order valence-electron chi connectivity index (χ0n) is 11.7. The Bertz CT molecular complexity index is 598. The molecule has 0 bridgehead atoms. The van der Waals surface area contributed by atoms with Crippen LogP contribution >= 0.6 is 0 Å². The Morgan fingerprint density at radius 1 is 1.37 bits per heavy atom. The molecule has 100 valence electrons. The molecule has 3 nitrogen and oxygen atoms in total. The topological polar surface area (TPSA) is 43.8 Å². The Morgan fingerprint density at radius 3 is 2.95 bits per heavy atom. The molecule has 0 aliphatic carbocycles. The van der Waals surface area contributed by atoms with Gasteiger partial charge in [-0.15, -0.1) is 0 Å². The molecule has 0 fully saturated rings. The molecule has 0 saturated carbocycles. The van der Waals surface area contributed by atoms with Gasteiger partial charge in [0.1, 0.15) is 17.3 Å². The van der Waals surface area contributed by atoms with Crippen molar-refractivity contribution in [2.24, 2.45) is 5.92 Å². The molecule has 0 radical (unpaired) electrons. The van der Waals surface area contributed by atoms with E-state index >= 15 is 0 Å². The fraction of sp³-hybridized carbons (Fsp3) is 0.438. The zero-order valence-corrected chi connectivity index (χ0v) is 11.7. The lowest BCUT2D eigenvalue weighted by molar-refractivity contribution is 0.412. The molecule has 1 aromatic heterocycles. The van der Waals surface area contributed by atoms with Crippen molar-refractivity contribution in [1.29, 1.82) is 0 Å². The monoisotopic (exact) mass is 255 g/mol.